The van der Waals surface area contributed by atoms with Crippen LogP contribution in [-0.2, 0) is 4.74 Å². The molecule has 0 saturated carbocycles. The lowest BCUT2D eigenvalue weighted by Crippen LogP contribution is -2.54. The van der Waals surface area contributed by atoms with Crippen LogP contribution in [0.5, 0.6) is 0 Å². The first-order valence-electron chi connectivity index (χ1n) is 9.81. The van der Waals surface area contributed by atoms with Crippen LogP contribution in [0.4, 0.5) is 4.79 Å². The Kier molecular flexibility index (Phi) is 11.3. The van der Waals surface area contributed by atoms with Crippen molar-refractivity contribution >= 4 is 36.0 Å². The molecule has 0 aromatic rings. The molecular weight excluding hydrogens is 445 g/mol. The summed E-state index contributed by atoms with van der Waals surface area (Å²) in [4.78, 5) is 23.2. The third kappa shape index (κ3) is 7.46. The molecule has 2 aliphatic rings. The minimum Gasteiger partial charge on any atom is -0.450 e. The van der Waals surface area contributed by atoms with E-state index in [1.165, 1.54) is 25.9 Å². The van der Waals surface area contributed by atoms with E-state index in [1.807, 2.05) is 6.92 Å². The van der Waals surface area contributed by atoms with E-state index in [0.717, 1.165) is 44.6 Å². The van der Waals surface area contributed by atoms with Gasteiger partial charge in [-0.1, -0.05) is 6.92 Å². The van der Waals surface area contributed by atoms with E-state index in [2.05, 4.69) is 29.0 Å². The quantitative estimate of drug-likeness (QED) is 0.370. The molecule has 0 atom stereocenters. The molecule has 2 aliphatic heterocycles. The molecular formula is C18H36IN5O2. The molecule has 152 valence electrons. The molecule has 0 unspecified atom stereocenters. The molecule has 0 aromatic heterocycles. The highest BCUT2D eigenvalue weighted by Crippen LogP contribution is 2.15. The van der Waals surface area contributed by atoms with Gasteiger partial charge in [-0.05, 0) is 45.7 Å². The standard InChI is InChI=1S/C18H35N5O2.HI/c1-4-19-17(20-8-11-21-9-6-16(3)7-10-21)22-12-14-23(15-13-22)18(24)25-5-2;/h16H,4-15H2,1-3H3,(H,19,20);1H. The monoisotopic (exact) mass is 481 g/mol. The Labute approximate surface area is 175 Å². The summed E-state index contributed by atoms with van der Waals surface area (Å²) in [6.07, 6.45) is 2.41. The van der Waals surface area contributed by atoms with Crippen molar-refractivity contribution in [1.29, 1.82) is 0 Å². The Morgan fingerprint density at radius 2 is 1.69 bits per heavy atom. The number of aliphatic imine (C=N–C) groups is 1. The molecule has 2 heterocycles. The van der Waals surface area contributed by atoms with Crippen molar-refractivity contribution in [2.24, 2.45) is 10.9 Å². The van der Waals surface area contributed by atoms with Gasteiger partial charge >= 0.3 is 6.09 Å². The topological polar surface area (TPSA) is 60.4 Å². The number of hydrogen-bond acceptors (Lipinski definition) is 4. The van der Waals surface area contributed by atoms with E-state index in [1.54, 1.807) is 4.90 Å². The molecule has 0 aliphatic carbocycles. The van der Waals surface area contributed by atoms with Crippen LogP contribution in [0.25, 0.3) is 0 Å². The summed E-state index contributed by atoms with van der Waals surface area (Å²) >= 11 is 0. The van der Waals surface area contributed by atoms with Crippen LogP contribution in [0.15, 0.2) is 4.99 Å². The second-order valence-corrected chi connectivity index (χ2v) is 6.93. The first kappa shape index (κ1) is 23.3. The Morgan fingerprint density at radius 3 is 2.27 bits per heavy atom. The smallest absolute Gasteiger partial charge is 0.409 e. The van der Waals surface area contributed by atoms with Crippen molar-refractivity contribution in [2.45, 2.75) is 33.6 Å². The van der Waals surface area contributed by atoms with Gasteiger partial charge in [0.2, 0.25) is 0 Å². The Balaban J connectivity index is 0.00000338. The molecule has 2 fully saturated rings. The maximum Gasteiger partial charge on any atom is 0.409 e. The highest BCUT2D eigenvalue weighted by atomic mass is 127. The Morgan fingerprint density at radius 1 is 1.08 bits per heavy atom. The fraction of sp³-hybridized carbons (Fsp3) is 0.889. The zero-order valence-electron chi connectivity index (χ0n) is 16.6. The van der Waals surface area contributed by atoms with Crippen LogP contribution >= 0.6 is 24.0 Å². The number of amides is 1. The van der Waals surface area contributed by atoms with E-state index in [0.29, 0.717) is 19.7 Å². The summed E-state index contributed by atoms with van der Waals surface area (Å²) in [6.45, 7) is 14.8. The van der Waals surface area contributed by atoms with Crippen LogP contribution in [0.3, 0.4) is 0 Å². The van der Waals surface area contributed by atoms with Gasteiger partial charge in [-0.2, -0.15) is 0 Å². The lowest BCUT2D eigenvalue weighted by molar-refractivity contribution is 0.0914. The zero-order chi connectivity index (χ0) is 18.1. The molecule has 0 spiro atoms. The molecule has 2 rings (SSSR count). The number of likely N-dealkylation sites (tertiary alicyclic amines) is 1. The fourth-order valence-electron chi connectivity index (χ4n) is 3.32. The van der Waals surface area contributed by atoms with Crippen molar-refractivity contribution in [3.05, 3.63) is 0 Å². The number of piperazine rings is 1. The van der Waals surface area contributed by atoms with E-state index >= 15 is 0 Å². The number of carbonyl (C=O) groups excluding carboxylic acids is 1. The lowest BCUT2D eigenvalue weighted by Gasteiger charge is -2.36. The number of piperidine rings is 1. The fourth-order valence-corrected chi connectivity index (χ4v) is 3.32. The molecule has 0 bridgehead atoms. The molecule has 1 amide bonds. The van der Waals surface area contributed by atoms with Crippen LogP contribution in [0, 0.1) is 5.92 Å². The van der Waals surface area contributed by atoms with E-state index in [4.69, 9.17) is 9.73 Å². The number of nitrogens with zero attached hydrogens (tertiary/aromatic N) is 4. The normalized spacial score (nSPS) is 19.9. The number of halogens is 1. The summed E-state index contributed by atoms with van der Waals surface area (Å²) < 4.78 is 5.08. The third-order valence-electron chi connectivity index (χ3n) is 4.99. The molecule has 0 aromatic carbocycles. The van der Waals surface area contributed by atoms with Gasteiger partial charge < -0.3 is 24.8 Å². The number of ether oxygens (including phenoxy) is 1. The van der Waals surface area contributed by atoms with Gasteiger partial charge in [0.25, 0.3) is 0 Å². The highest BCUT2D eigenvalue weighted by Gasteiger charge is 2.23. The minimum absolute atomic E-state index is 0. The molecule has 26 heavy (non-hydrogen) atoms. The summed E-state index contributed by atoms with van der Waals surface area (Å²) in [5.74, 6) is 1.84. The summed E-state index contributed by atoms with van der Waals surface area (Å²) in [6, 6.07) is 0. The van der Waals surface area contributed by atoms with Crippen molar-refractivity contribution < 1.29 is 9.53 Å². The zero-order valence-corrected chi connectivity index (χ0v) is 18.9. The maximum atomic E-state index is 11.8. The first-order valence-corrected chi connectivity index (χ1v) is 9.81. The number of hydrogen-bond donors (Lipinski definition) is 1. The maximum absolute atomic E-state index is 11.8. The minimum atomic E-state index is -0.205. The van der Waals surface area contributed by atoms with Gasteiger partial charge in [0.1, 0.15) is 0 Å². The largest absolute Gasteiger partial charge is 0.450 e. The van der Waals surface area contributed by atoms with E-state index in [9.17, 15) is 4.79 Å². The molecule has 1 N–H and O–H groups in total. The average molecular weight is 481 g/mol. The van der Waals surface area contributed by atoms with Gasteiger partial charge in [-0.15, -0.1) is 24.0 Å². The second kappa shape index (κ2) is 12.6. The average Bonchev–Trinajstić information content (AvgIpc) is 2.63. The van der Waals surface area contributed by atoms with Gasteiger partial charge in [0.15, 0.2) is 5.96 Å². The van der Waals surface area contributed by atoms with Crippen LogP contribution in [-0.4, -0.2) is 92.3 Å². The Bertz CT molecular complexity index is 433. The molecule has 2 saturated heterocycles. The molecule has 0 radical (unpaired) electrons. The highest BCUT2D eigenvalue weighted by molar-refractivity contribution is 14.0. The lowest BCUT2D eigenvalue weighted by atomic mass is 9.99. The van der Waals surface area contributed by atoms with Gasteiger partial charge in [0.05, 0.1) is 13.2 Å². The predicted molar refractivity (Wildman–Crippen MR) is 116 cm³/mol. The van der Waals surface area contributed by atoms with Crippen molar-refractivity contribution in [2.75, 3.05) is 65.5 Å². The van der Waals surface area contributed by atoms with Crippen LogP contribution < -0.4 is 5.32 Å². The van der Waals surface area contributed by atoms with Gasteiger partial charge in [-0.3, -0.25) is 4.99 Å². The molecule has 8 heteroatoms. The molecule has 7 nitrogen and oxygen atoms in total. The van der Waals surface area contributed by atoms with Gasteiger partial charge in [0, 0.05) is 39.3 Å². The number of nitrogens with one attached hydrogen (secondary N) is 1. The predicted octanol–water partition coefficient (Wildman–Crippen LogP) is 2.08. The van der Waals surface area contributed by atoms with Crippen molar-refractivity contribution in [3.63, 3.8) is 0 Å². The number of rotatable bonds is 5. The van der Waals surface area contributed by atoms with Crippen LogP contribution in [0.1, 0.15) is 33.6 Å². The number of guanidine groups is 1. The Hall–Kier alpha value is -0.770. The second-order valence-electron chi connectivity index (χ2n) is 6.93. The SMILES string of the molecule is CCNC(=NCCN1CCC(C)CC1)N1CCN(C(=O)OCC)CC1.I. The number of carbonyl (C=O) groups is 1. The van der Waals surface area contributed by atoms with E-state index in [-0.39, 0.29) is 30.1 Å². The summed E-state index contributed by atoms with van der Waals surface area (Å²) in [5.41, 5.74) is 0. The van der Waals surface area contributed by atoms with Crippen LogP contribution in [0.2, 0.25) is 0 Å². The summed E-state index contributed by atoms with van der Waals surface area (Å²) in [5, 5.41) is 3.39. The van der Waals surface area contributed by atoms with Crippen molar-refractivity contribution in [3.8, 4) is 0 Å². The van der Waals surface area contributed by atoms with Gasteiger partial charge in [-0.25, -0.2) is 4.79 Å². The summed E-state index contributed by atoms with van der Waals surface area (Å²) in [7, 11) is 0. The van der Waals surface area contributed by atoms with Crippen molar-refractivity contribution in [1.82, 2.24) is 20.0 Å². The first-order chi connectivity index (χ1) is 12.1. The van der Waals surface area contributed by atoms with E-state index < -0.39 is 0 Å². The third-order valence-corrected chi connectivity index (χ3v) is 4.99.